The smallest absolute Gasteiger partial charge is 0.352 e. The molecule has 8 nitrogen and oxygen atoms in total. The first-order valence-electron chi connectivity index (χ1n) is 6.47. The second-order valence-corrected chi connectivity index (χ2v) is 5.00. The van der Waals surface area contributed by atoms with E-state index in [1.54, 1.807) is 0 Å². The van der Waals surface area contributed by atoms with E-state index in [-0.39, 0.29) is 17.8 Å². The van der Waals surface area contributed by atoms with Crippen LogP contribution in [0.4, 0.5) is 0 Å². The molecule has 0 saturated carbocycles. The molecule has 0 atom stereocenters. The van der Waals surface area contributed by atoms with Crippen LogP contribution in [0.1, 0.15) is 22.5 Å². The van der Waals surface area contributed by atoms with Gasteiger partial charge in [-0.25, -0.2) is 9.59 Å². The monoisotopic (exact) mass is 282 g/mol. The van der Waals surface area contributed by atoms with Crippen molar-refractivity contribution in [1.29, 1.82) is 0 Å². The Morgan fingerprint density at radius 1 is 1.20 bits per heavy atom. The highest BCUT2D eigenvalue weighted by molar-refractivity contribution is 5.86. The zero-order valence-electron chi connectivity index (χ0n) is 11.3. The molecular formula is C12H18N4O4. The van der Waals surface area contributed by atoms with Gasteiger partial charge in [0.25, 0.3) is 5.56 Å². The van der Waals surface area contributed by atoms with Crippen molar-refractivity contribution in [2.45, 2.75) is 13.0 Å². The molecule has 2 heterocycles. The van der Waals surface area contributed by atoms with E-state index in [4.69, 9.17) is 5.11 Å². The summed E-state index contributed by atoms with van der Waals surface area (Å²) < 4.78 is 0. The second kappa shape index (κ2) is 6.02. The number of aromatic nitrogens is 2. The minimum Gasteiger partial charge on any atom is -0.477 e. The van der Waals surface area contributed by atoms with Crippen molar-refractivity contribution in [2.24, 2.45) is 0 Å². The Kier molecular flexibility index (Phi) is 4.35. The average Bonchev–Trinajstić information content (AvgIpc) is 2.57. The van der Waals surface area contributed by atoms with E-state index >= 15 is 0 Å². The maximum absolute atomic E-state index is 11.8. The third-order valence-corrected chi connectivity index (χ3v) is 3.45. The van der Waals surface area contributed by atoms with Crippen molar-refractivity contribution in [3.63, 3.8) is 0 Å². The van der Waals surface area contributed by atoms with Gasteiger partial charge in [-0.1, -0.05) is 0 Å². The van der Waals surface area contributed by atoms with E-state index in [1.165, 1.54) is 0 Å². The summed E-state index contributed by atoms with van der Waals surface area (Å²) in [7, 11) is 2.03. The fraction of sp³-hybridized carbons (Fsp3) is 0.583. The third-order valence-electron chi connectivity index (χ3n) is 3.45. The highest BCUT2D eigenvalue weighted by Gasteiger charge is 2.20. The first-order chi connectivity index (χ1) is 9.47. The quantitative estimate of drug-likeness (QED) is 0.649. The lowest BCUT2D eigenvalue weighted by Crippen LogP contribution is -2.35. The molecule has 20 heavy (non-hydrogen) atoms. The van der Waals surface area contributed by atoms with Crippen LogP contribution in [0.2, 0.25) is 0 Å². The summed E-state index contributed by atoms with van der Waals surface area (Å²) in [6.45, 7) is 3.62. The van der Waals surface area contributed by atoms with Crippen LogP contribution < -0.4 is 11.2 Å². The number of nitrogens with zero attached hydrogens (tertiary/aromatic N) is 2. The maximum Gasteiger partial charge on any atom is 0.352 e. The van der Waals surface area contributed by atoms with Gasteiger partial charge in [-0.05, 0) is 26.6 Å². The van der Waals surface area contributed by atoms with E-state index in [9.17, 15) is 14.4 Å². The lowest BCUT2D eigenvalue weighted by molar-refractivity contribution is 0.0686. The summed E-state index contributed by atoms with van der Waals surface area (Å²) in [6, 6.07) is 0. The normalized spacial score (nSPS) is 17.9. The molecule has 0 aliphatic carbocycles. The molecule has 8 heteroatoms. The number of carbonyl (C=O) groups is 1. The Hall–Kier alpha value is -1.93. The Morgan fingerprint density at radius 3 is 2.65 bits per heavy atom. The van der Waals surface area contributed by atoms with Crippen LogP contribution in [0.25, 0.3) is 0 Å². The number of nitrogens with one attached hydrogen (secondary N) is 2. The number of hydrogen-bond donors (Lipinski definition) is 3. The van der Waals surface area contributed by atoms with Gasteiger partial charge in [0.2, 0.25) is 0 Å². The van der Waals surface area contributed by atoms with Gasteiger partial charge < -0.3 is 15.0 Å². The van der Waals surface area contributed by atoms with Crippen LogP contribution in [0.15, 0.2) is 9.59 Å². The molecule has 110 valence electrons. The molecule has 0 unspecified atom stereocenters. The van der Waals surface area contributed by atoms with Crippen molar-refractivity contribution in [2.75, 3.05) is 33.2 Å². The van der Waals surface area contributed by atoms with E-state index < -0.39 is 17.2 Å². The molecule has 1 aromatic heterocycles. The van der Waals surface area contributed by atoms with Gasteiger partial charge in [0, 0.05) is 19.6 Å². The standard InChI is InChI=1S/C12H18N4O4/c1-15-3-2-4-16(6-5-15)7-8-9(11(18)19)13-12(20)14-10(8)17/h2-7H2,1H3,(H,18,19)(H2,13,14,17,20). The number of aromatic carboxylic acids is 1. The van der Waals surface area contributed by atoms with Gasteiger partial charge in [0.05, 0.1) is 5.56 Å². The average molecular weight is 282 g/mol. The number of carboxylic acids is 1. The van der Waals surface area contributed by atoms with Crippen molar-refractivity contribution in [3.8, 4) is 0 Å². The molecule has 2 rings (SSSR count). The van der Waals surface area contributed by atoms with Crippen molar-refractivity contribution in [3.05, 3.63) is 32.1 Å². The van der Waals surface area contributed by atoms with E-state index in [1.807, 2.05) is 11.9 Å². The molecule has 1 aliphatic rings. The van der Waals surface area contributed by atoms with E-state index in [0.717, 1.165) is 32.6 Å². The molecule has 0 aromatic carbocycles. The highest BCUT2D eigenvalue weighted by Crippen LogP contribution is 2.07. The molecule has 1 aliphatic heterocycles. The highest BCUT2D eigenvalue weighted by atomic mass is 16.4. The van der Waals surface area contributed by atoms with E-state index in [2.05, 4.69) is 14.9 Å². The van der Waals surface area contributed by atoms with Gasteiger partial charge in [-0.15, -0.1) is 0 Å². The molecule has 0 bridgehead atoms. The number of hydrogen-bond acceptors (Lipinski definition) is 5. The Balaban J connectivity index is 2.26. The summed E-state index contributed by atoms with van der Waals surface area (Å²) in [5.41, 5.74) is -1.66. The van der Waals surface area contributed by atoms with Gasteiger partial charge in [-0.3, -0.25) is 14.7 Å². The van der Waals surface area contributed by atoms with Crippen LogP contribution in [0.3, 0.4) is 0 Å². The molecular weight excluding hydrogens is 264 g/mol. The zero-order chi connectivity index (χ0) is 14.7. The van der Waals surface area contributed by atoms with Gasteiger partial charge in [-0.2, -0.15) is 0 Å². The number of H-pyrrole nitrogens is 2. The first kappa shape index (κ1) is 14.5. The topological polar surface area (TPSA) is 110 Å². The van der Waals surface area contributed by atoms with E-state index in [0.29, 0.717) is 0 Å². The van der Waals surface area contributed by atoms with Crippen molar-refractivity contribution < 1.29 is 9.90 Å². The molecule has 0 amide bonds. The minimum atomic E-state index is -1.30. The van der Waals surface area contributed by atoms with Crippen LogP contribution in [0.5, 0.6) is 0 Å². The fourth-order valence-corrected chi connectivity index (χ4v) is 2.33. The summed E-state index contributed by atoms with van der Waals surface area (Å²) in [5, 5.41) is 9.09. The number of aromatic amines is 2. The fourth-order valence-electron chi connectivity index (χ4n) is 2.33. The zero-order valence-corrected chi connectivity index (χ0v) is 11.3. The van der Waals surface area contributed by atoms with Gasteiger partial charge in [0.15, 0.2) is 0 Å². The Labute approximate surface area is 115 Å². The number of likely N-dealkylation sites (N-methyl/N-ethyl adjacent to an activating group) is 1. The molecule has 0 spiro atoms. The van der Waals surface area contributed by atoms with Crippen LogP contribution >= 0.6 is 0 Å². The first-order valence-corrected chi connectivity index (χ1v) is 6.47. The molecule has 1 fully saturated rings. The molecule has 1 aromatic rings. The maximum atomic E-state index is 11.8. The largest absolute Gasteiger partial charge is 0.477 e. The summed E-state index contributed by atoms with van der Waals surface area (Å²) in [5.74, 6) is -1.30. The Morgan fingerprint density at radius 2 is 1.95 bits per heavy atom. The second-order valence-electron chi connectivity index (χ2n) is 5.00. The summed E-state index contributed by atoms with van der Waals surface area (Å²) in [6.07, 6.45) is 0.958. The lowest BCUT2D eigenvalue weighted by atomic mass is 10.2. The summed E-state index contributed by atoms with van der Waals surface area (Å²) in [4.78, 5) is 42.6. The van der Waals surface area contributed by atoms with Crippen LogP contribution in [0, 0.1) is 0 Å². The number of carboxylic acid groups (broad SMARTS) is 1. The predicted molar refractivity (Wildman–Crippen MR) is 72.0 cm³/mol. The minimum absolute atomic E-state index is 0.0988. The third kappa shape index (κ3) is 3.34. The van der Waals surface area contributed by atoms with Crippen molar-refractivity contribution in [1.82, 2.24) is 19.8 Å². The number of rotatable bonds is 3. The molecule has 1 saturated heterocycles. The predicted octanol–water partition coefficient (Wildman–Crippen LogP) is -1.10. The lowest BCUT2D eigenvalue weighted by Gasteiger charge is -2.20. The van der Waals surface area contributed by atoms with Crippen LogP contribution in [-0.2, 0) is 6.54 Å². The SMILES string of the molecule is CN1CCCN(Cc2c(C(=O)O)[nH]c(=O)[nH]c2=O)CC1. The van der Waals surface area contributed by atoms with Crippen molar-refractivity contribution >= 4 is 5.97 Å². The van der Waals surface area contributed by atoms with Gasteiger partial charge in [0.1, 0.15) is 5.69 Å². The summed E-state index contributed by atoms with van der Waals surface area (Å²) >= 11 is 0. The molecule has 0 radical (unpaired) electrons. The van der Waals surface area contributed by atoms with Crippen LogP contribution in [-0.4, -0.2) is 64.1 Å². The Bertz CT molecular complexity index is 606. The van der Waals surface area contributed by atoms with Gasteiger partial charge >= 0.3 is 11.7 Å². The molecule has 3 N–H and O–H groups in total.